The lowest BCUT2D eigenvalue weighted by Crippen LogP contribution is -2.39. The number of aliphatic carboxylic acids is 1. The molecule has 0 spiro atoms. The fourth-order valence-corrected chi connectivity index (χ4v) is 2.03. The zero-order valence-corrected chi connectivity index (χ0v) is 12.8. The van der Waals surface area contributed by atoms with Crippen LogP contribution in [0.3, 0.4) is 0 Å². The smallest absolute Gasteiger partial charge is 0.328 e. The summed E-state index contributed by atoms with van der Waals surface area (Å²) in [5.74, 6) is -1.20. The summed E-state index contributed by atoms with van der Waals surface area (Å²) in [5, 5.41) is 18.4. The summed E-state index contributed by atoms with van der Waals surface area (Å²) in [6.45, 7) is 5.32. The number of likely N-dealkylation sites (N-methyl/N-ethyl adjacent to an activating group) is 1. The summed E-state index contributed by atoms with van der Waals surface area (Å²) in [7, 11) is 1.63. The number of rotatable bonds is 5. The molecule has 0 aliphatic carbocycles. The lowest BCUT2D eigenvalue weighted by atomic mass is 10.0. The molecule has 0 saturated carbocycles. The highest BCUT2D eigenvalue weighted by Crippen LogP contribution is 2.15. The van der Waals surface area contributed by atoms with Gasteiger partial charge in [-0.1, -0.05) is 6.07 Å². The largest absolute Gasteiger partial charge is 0.478 e. The van der Waals surface area contributed by atoms with Gasteiger partial charge < -0.3 is 15.1 Å². The third kappa shape index (κ3) is 5.39. The Bertz CT molecular complexity index is 570. The number of aryl methyl sites for hydroxylation is 1. The van der Waals surface area contributed by atoms with Gasteiger partial charge in [0.05, 0.1) is 5.60 Å². The highest BCUT2D eigenvalue weighted by molar-refractivity contribution is 5.95. The van der Waals surface area contributed by atoms with Gasteiger partial charge in [-0.3, -0.25) is 4.79 Å². The summed E-state index contributed by atoms with van der Waals surface area (Å²) in [6, 6.07) is 5.07. The van der Waals surface area contributed by atoms with E-state index >= 15 is 0 Å². The van der Waals surface area contributed by atoms with Crippen LogP contribution in [0.5, 0.6) is 0 Å². The average Bonchev–Trinajstić information content (AvgIpc) is 2.34. The molecule has 0 fully saturated rings. The maximum Gasteiger partial charge on any atom is 0.328 e. The van der Waals surface area contributed by atoms with Crippen molar-refractivity contribution in [3.63, 3.8) is 0 Å². The van der Waals surface area contributed by atoms with Crippen LogP contribution >= 0.6 is 0 Å². The third-order valence-corrected chi connectivity index (χ3v) is 2.89. The fourth-order valence-electron chi connectivity index (χ4n) is 2.03. The predicted molar refractivity (Wildman–Crippen MR) is 81.1 cm³/mol. The van der Waals surface area contributed by atoms with Gasteiger partial charge >= 0.3 is 5.97 Å². The molecule has 2 N–H and O–H groups in total. The van der Waals surface area contributed by atoms with Crippen LogP contribution in [0.2, 0.25) is 0 Å². The van der Waals surface area contributed by atoms with Crippen LogP contribution in [0.25, 0.3) is 6.08 Å². The Kier molecular flexibility index (Phi) is 5.27. The van der Waals surface area contributed by atoms with Gasteiger partial charge in [0.25, 0.3) is 5.91 Å². The van der Waals surface area contributed by atoms with Gasteiger partial charge in [0, 0.05) is 25.2 Å². The minimum Gasteiger partial charge on any atom is -0.478 e. The third-order valence-electron chi connectivity index (χ3n) is 2.89. The van der Waals surface area contributed by atoms with Gasteiger partial charge in [-0.15, -0.1) is 0 Å². The van der Waals surface area contributed by atoms with Crippen molar-refractivity contribution in [2.45, 2.75) is 26.4 Å². The number of aliphatic hydroxyl groups is 1. The molecule has 1 amide bonds. The average molecular weight is 291 g/mol. The second-order valence-electron chi connectivity index (χ2n) is 5.72. The van der Waals surface area contributed by atoms with Gasteiger partial charge in [-0.25, -0.2) is 4.79 Å². The topological polar surface area (TPSA) is 77.8 Å². The quantitative estimate of drug-likeness (QED) is 0.813. The maximum absolute atomic E-state index is 12.3. The molecule has 5 heteroatoms. The Morgan fingerprint density at radius 3 is 2.43 bits per heavy atom. The number of nitrogens with zero attached hydrogens (tertiary/aromatic N) is 1. The molecule has 5 nitrogen and oxygen atoms in total. The Labute approximate surface area is 124 Å². The molecule has 0 aliphatic rings. The molecule has 0 bridgehead atoms. The molecule has 1 aromatic rings. The predicted octanol–water partition coefficient (Wildman–Crippen LogP) is 1.94. The van der Waals surface area contributed by atoms with E-state index in [9.17, 15) is 14.7 Å². The Morgan fingerprint density at radius 2 is 1.95 bits per heavy atom. The zero-order chi connectivity index (χ0) is 16.2. The van der Waals surface area contributed by atoms with Crippen molar-refractivity contribution in [1.29, 1.82) is 0 Å². The monoisotopic (exact) mass is 291 g/mol. The summed E-state index contributed by atoms with van der Waals surface area (Å²) >= 11 is 0. The van der Waals surface area contributed by atoms with E-state index in [1.807, 2.05) is 6.92 Å². The Hall–Kier alpha value is -2.14. The normalized spacial score (nSPS) is 11.7. The molecule has 0 heterocycles. The van der Waals surface area contributed by atoms with Gasteiger partial charge in [0.1, 0.15) is 0 Å². The van der Waals surface area contributed by atoms with Crippen molar-refractivity contribution in [2.75, 3.05) is 13.6 Å². The molecule has 0 aromatic heterocycles. The van der Waals surface area contributed by atoms with Crippen LogP contribution < -0.4 is 0 Å². The molecule has 114 valence electrons. The van der Waals surface area contributed by atoms with Gasteiger partial charge in [0.15, 0.2) is 0 Å². The Balaban J connectivity index is 2.93. The van der Waals surface area contributed by atoms with E-state index in [1.165, 1.54) is 11.0 Å². The number of carboxylic acids is 1. The van der Waals surface area contributed by atoms with Crippen LogP contribution in [0, 0.1) is 6.92 Å². The number of benzene rings is 1. The first kappa shape index (κ1) is 16.9. The molecule has 0 aliphatic heterocycles. The van der Waals surface area contributed by atoms with Crippen LogP contribution in [0.15, 0.2) is 24.3 Å². The molecule has 0 radical (unpaired) electrons. The van der Waals surface area contributed by atoms with Crippen molar-refractivity contribution >= 4 is 18.0 Å². The van der Waals surface area contributed by atoms with Gasteiger partial charge in [0.2, 0.25) is 0 Å². The highest BCUT2D eigenvalue weighted by atomic mass is 16.4. The molecule has 1 aromatic carbocycles. The summed E-state index contributed by atoms with van der Waals surface area (Å²) < 4.78 is 0. The van der Waals surface area contributed by atoms with E-state index < -0.39 is 11.6 Å². The first-order valence-electron chi connectivity index (χ1n) is 6.59. The second-order valence-corrected chi connectivity index (χ2v) is 5.72. The number of carboxylic acid groups (broad SMARTS) is 1. The van der Waals surface area contributed by atoms with E-state index in [4.69, 9.17) is 5.11 Å². The maximum atomic E-state index is 12.3. The number of hydrogen-bond acceptors (Lipinski definition) is 3. The summed E-state index contributed by atoms with van der Waals surface area (Å²) in [4.78, 5) is 24.2. The van der Waals surface area contributed by atoms with Gasteiger partial charge in [-0.05, 0) is 50.1 Å². The zero-order valence-electron chi connectivity index (χ0n) is 12.8. The highest BCUT2D eigenvalue weighted by Gasteiger charge is 2.20. The molecule has 21 heavy (non-hydrogen) atoms. The number of carbonyl (C=O) groups excluding carboxylic acids is 1. The van der Waals surface area contributed by atoms with E-state index in [0.717, 1.165) is 17.2 Å². The van der Waals surface area contributed by atoms with Crippen molar-refractivity contribution in [1.82, 2.24) is 4.90 Å². The first-order valence-corrected chi connectivity index (χ1v) is 6.59. The van der Waals surface area contributed by atoms with Crippen molar-refractivity contribution in [3.05, 3.63) is 41.0 Å². The fraction of sp³-hybridized carbons (Fsp3) is 0.375. The standard InChI is InChI=1S/C16H21NO4/c1-11-9-13(6-5-12(11)7-8-14(18)19)15(20)17(4)10-16(2,3)21/h5-9,21H,10H2,1-4H3,(H,18,19)/b8-7+. The van der Waals surface area contributed by atoms with Crippen molar-refractivity contribution < 1.29 is 19.8 Å². The SMILES string of the molecule is Cc1cc(C(=O)N(C)CC(C)(C)O)ccc1/C=C/C(=O)O. The van der Waals surface area contributed by atoms with Crippen molar-refractivity contribution in [2.24, 2.45) is 0 Å². The minimum absolute atomic E-state index is 0.186. The Morgan fingerprint density at radius 1 is 1.33 bits per heavy atom. The molecule has 0 unspecified atom stereocenters. The van der Waals surface area contributed by atoms with Crippen LogP contribution in [0.4, 0.5) is 0 Å². The lowest BCUT2D eigenvalue weighted by molar-refractivity contribution is -0.131. The lowest BCUT2D eigenvalue weighted by Gasteiger charge is -2.25. The first-order chi connectivity index (χ1) is 9.60. The van der Waals surface area contributed by atoms with E-state index in [-0.39, 0.29) is 12.5 Å². The number of carbonyl (C=O) groups is 2. The second kappa shape index (κ2) is 6.54. The summed E-state index contributed by atoms with van der Waals surface area (Å²) in [5.41, 5.74) is 1.12. The van der Waals surface area contributed by atoms with E-state index in [2.05, 4.69) is 0 Å². The number of amides is 1. The molecular weight excluding hydrogens is 270 g/mol. The van der Waals surface area contributed by atoms with Crippen LogP contribution in [-0.4, -0.2) is 46.2 Å². The molecule has 1 rings (SSSR count). The van der Waals surface area contributed by atoms with Crippen LogP contribution in [0.1, 0.15) is 35.3 Å². The molecular formula is C16H21NO4. The molecule has 0 saturated heterocycles. The van der Waals surface area contributed by atoms with E-state index in [0.29, 0.717) is 5.56 Å². The number of hydrogen-bond donors (Lipinski definition) is 2. The van der Waals surface area contributed by atoms with Crippen LogP contribution in [-0.2, 0) is 4.79 Å². The van der Waals surface area contributed by atoms with Gasteiger partial charge in [-0.2, -0.15) is 0 Å². The minimum atomic E-state index is -1.01. The molecule has 0 atom stereocenters. The van der Waals surface area contributed by atoms with Crippen molar-refractivity contribution in [3.8, 4) is 0 Å². The van der Waals surface area contributed by atoms with E-state index in [1.54, 1.807) is 39.1 Å². The summed E-state index contributed by atoms with van der Waals surface area (Å²) in [6.07, 6.45) is 2.55.